The first-order valence-electron chi connectivity index (χ1n) is 6.43. The van der Waals surface area contributed by atoms with Crippen LogP contribution in [0.2, 0.25) is 0 Å². The number of hydrogen-bond donors (Lipinski definition) is 1. The monoisotopic (exact) mass is 257 g/mol. The molecule has 0 unspecified atom stereocenters. The van der Waals surface area contributed by atoms with Gasteiger partial charge in [0.1, 0.15) is 0 Å². The first kappa shape index (κ1) is 13.4. The van der Waals surface area contributed by atoms with Crippen molar-refractivity contribution in [2.24, 2.45) is 5.73 Å². The Kier molecular flexibility index (Phi) is 4.41. The maximum atomic E-state index is 5.52. The van der Waals surface area contributed by atoms with Crippen LogP contribution in [0.4, 0.5) is 5.82 Å². The van der Waals surface area contributed by atoms with Gasteiger partial charge in [0.05, 0.1) is 17.9 Å². The standard InChI is InChI=1S/C14H19N5/c1-3-19(10-13-6-4-5-11(2)16-13)14-8-7-12(9-15)17-18-14/h4-8H,3,9-10,15H2,1-2H3. The second-order valence-corrected chi connectivity index (χ2v) is 4.37. The van der Waals surface area contributed by atoms with E-state index in [0.717, 1.165) is 36.0 Å². The molecule has 0 spiro atoms. The number of aromatic nitrogens is 3. The van der Waals surface area contributed by atoms with Gasteiger partial charge in [-0.15, -0.1) is 5.10 Å². The molecular weight excluding hydrogens is 238 g/mol. The van der Waals surface area contributed by atoms with Gasteiger partial charge in [-0.1, -0.05) is 6.07 Å². The highest BCUT2D eigenvalue weighted by Gasteiger charge is 2.08. The Bertz CT molecular complexity index is 524. The summed E-state index contributed by atoms with van der Waals surface area (Å²) in [5.74, 6) is 0.850. The van der Waals surface area contributed by atoms with Gasteiger partial charge >= 0.3 is 0 Å². The molecule has 0 aliphatic heterocycles. The fourth-order valence-electron chi connectivity index (χ4n) is 1.87. The van der Waals surface area contributed by atoms with E-state index in [0.29, 0.717) is 6.54 Å². The van der Waals surface area contributed by atoms with Gasteiger partial charge in [0.2, 0.25) is 0 Å². The quantitative estimate of drug-likeness (QED) is 0.882. The van der Waals surface area contributed by atoms with Gasteiger partial charge in [-0.25, -0.2) is 0 Å². The molecule has 0 fully saturated rings. The third-order valence-electron chi connectivity index (χ3n) is 2.92. The van der Waals surface area contributed by atoms with E-state index in [9.17, 15) is 0 Å². The highest BCUT2D eigenvalue weighted by molar-refractivity contribution is 5.37. The van der Waals surface area contributed by atoms with Crippen LogP contribution in [0.25, 0.3) is 0 Å². The Labute approximate surface area is 113 Å². The summed E-state index contributed by atoms with van der Waals surface area (Å²) in [4.78, 5) is 6.64. The summed E-state index contributed by atoms with van der Waals surface area (Å²) in [6.45, 7) is 6.09. The largest absolute Gasteiger partial charge is 0.350 e. The summed E-state index contributed by atoms with van der Waals surface area (Å²) in [6.07, 6.45) is 0. The Balaban J connectivity index is 2.15. The minimum absolute atomic E-state index is 0.416. The predicted octanol–water partition coefficient (Wildman–Crippen LogP) is 1.67. The minimum atomic E-state index is 0.416. The van der Waals surface area contributed by atoms with Crippen molar-refractivity contribution in [3.05, 3.63) is 47.4 Å². The summed E-state index contributed by atoms with van der Waals surface area (Å²) in [6, 6.07) is 9.91. The molecule has 0 saturated heterocycles. The van der Waals surface area contributed by atoms with Crippen molar-refractivity contribution >= 4 is 5.82 Å². The van der Waals surface area contributed by atoms with E-state index in [1.165, 1.54) is 0 Å². The van der Waals surface area contributed by atoms with Gasteiger partial charge in [-0.3, -0.25) is 4.98 Å². The molecule has 0 aliphatic carbocycles. The van der Waals surface area contributed by atoms with Crippen molar-refractivity contribution in [1.29, 1.82) is 0 Å². The zero-order chi connectivity index (χ0) is 13.7. The Hall–Kier alpha value is -2.01. The lowest BCUT2D eigenvalue weighted by Crippen LogP contribution is -2.24. The average Bonchev–Trinajstić information content (AvgIpc) is 2.45. The Morgan fingerprint density at radius 3 is 2.53 bits per heavy atom. The van der Waals surface area contributed by atoms with Gasteiger partial charge < -0.3 is 10.6 Å². The molecule has 0 bridgehead atoms. The molecule has 100 valence electrons. The lowest BCUT2D eigenvalue weighted by atomic mass is 10.3. The fraction of sp³-hybridized carbons (Fsp3) is 0.357. The fourth-order valence-corrected chi connectivity index (χ4v) is 1.87. The van der Waals surface area contributed by atoms with Crippen LogP contribution < -0.4 is 10.6 Å². The highest BCUT2D eigenvalue weighted by atomic mass is 15.3. The highest BCUT2D eigenvalue weighted by Crippen LogP contribution is 2.12. The number of aryl methyl sites for hydroxylation is 1. The van der Waals surface area contributed by atoms with Gasteiger partial charge in [0.25, 0.3) is 0 Å². The molecule has 0 aromatic carbocycles. The smallest absolute Gasteiger partial charge is 0.151 e. The van der Waals surface area contributed by atoms with E-state index >= 15 is 0 Å². The molecule has 0 saturated carbocycles. The summed E-state index contributed by atoms with van der Waals surface area (Å²) in [5.41, 5.74) is 8.38. The molecule has 2 N–H and O–H groups in total. The predicted molar refractivity (Wildman–Crippen MR) is 75.6 cm³/mol. The van der Waals surface area contributed by atoms with Gasteiger partial charge in [-0.2, -0.15) is 5.10 Å². The van der Waals surface area contributed by atoms with Crippen molar-refractivity contribution in [3.63, 3.8) is 0 Å². The number of nitrogens with zero attached hydrogens (tertiary/aromatic N) is 4. The normalized spacial score (nSPS) is 10.5. The van der Waals surface area contributed by atoms with Crippen LogP contribution in [-0.4, -0.2) is 21.7 Å². The number of anilines is 1. The maximum Gasteiger partial charge on any atom is 0.151 e. The van der Waals surface area contributed by atoms with E-state index in [4.69, 9.17) is 5.73 Å². The minimum Gasteiger partial charge on any atom is -0.350 e. The van der Waals surface area contributed by atoms with Crippen LogP contribution in [0.3, 0.4) is 0 Å². The first-order valence-corrected chi connectivity index (χ1v) is 6.43. The summed E-state index contributed by atoms with van der Waals surface area (Å²) < 4.78 is 0. The molecule has 2 aromatic rings. The van der Waals surface area contributed by atoms with Crippen LogP contribution in [-0.2, 0) is 13.1 Å². The topological polar surface area (TPSA) is 67.9 Å². The molecule has 0 radical (unpaired) electrons. The molecule has 5 nitrogen and oxygen atoms in total. The SMILES string of the molecule is CCN(Cc1cccc(C)n1)c1ccc(CN)nn1. The number of pyridine rings is 1. The van der Waals surface area contributed by atoms with E-state index < -0.39 is 0 Å². The second kappa shape index (κ2) is 6.24. The molecule has 5 heteroatoms. The van der Waals surface area contributed by atoms with E-state index in [1.54, 1.807) is 0 Å². The molecule has 0 amide bonds. The molecule has 2 aromatic heterocycles. The Morgan fingerprint density at radius 2 is 1.95 bits per heavy atom. The van der Waals surface area contributed by atoms with Gasteiger partial charge in [-0.05, 0) is 38.1 Å². The second-order valence-electron chi connectivity index (χ2n) is 4.37. The van der Waals surface area contributed by atoms with E-state index in [-0.39, 0.29) is 0 Å². The van der Waals surface area contributed by atoms with Crippen molar-refractivity contribution in [1.82, 2.24) is 15.2 Å². The number of nitrogens with two attached hydrogens (primary N) is 1. The molecule has 0 aliphatic rings. The zero-order valence-electron chi connectivity index (χ0n) is 11.4. The summed E-state index contributed by atoms with van der Waals surface area (Å²) >= 11 is 0. The van der Waals surface area contributed by atoms with Gasteiger partial charge in [0, 0.05) is 18.8 Å². The number of hydrogen-bond acceptors (Lipinski definition) is 5. The molecule has 2 heterocycles. The first-order chi connectivity index (χ1) is 9.22. The summed E-state index contributed by atoms with van der Waals surface area (Å²) in [7, 11) is 0. The lowest BCUT2D eigenvalue weighted by molar-refractivity contribution is 0.768. The van der Waals surface area contributed by atoms with Crippen LogP contribution in [0.1, 0.15) is 24.0 Å². The number of rotatable bonds is 5. The third-order valence-corrected chi connectivity index (χ3v) is 2.92. The summed E-state index contributed by atoms with van der Waals surface area (Å²) in [5, 5.41) is 8.30. The van der Waals surface area contributed by atoms with Crippen LogP contribution in [0, 0.1) is 6.92 Å². The van der Waals surface area contributed by atoms with Crippen molar-refractivity contribution in [2.45, 2.75) is 26.9 Å². The molecule has 2 rings (SSSR count). The maximum absolute atomic E-state index is 5.52. The zero-order valence-corrected chi connectivity index (χ0v) is 11.4. The average molecular weight is 257 g/mol. The Morgan fingerprint density at radius 1 is 1.11 bits per heavy atom. The van der Waals surface area contributed by atoms with Gasteiger partial charge in [0.15, 0.2) is 5.82 Å². The van der Waals surface area contributed by atoms with E-state index in [2.05, 4.69) is 27.0 Å². The van der Waals surface area contributed by atoms with Crippen molar-refractivity contribution < 1.29 is 0 Å². The van der Waals surface area contributed by atoms with Crippen molar-refractivity contribution in [3.8, 4) is 0 Å². The lowest BCUT2D eigenvalue weighted by Gasteiger charge is -2.21. The molecule has 0 atom stereocenters. The van der Waals surface area contributed by atoms with Crippen LogP contribution in [0.15, 0.2) is 30.3 Å². The third kappa shape index (κ3) is 3.48. The molecular formula is C14H19N5. The van der Waals surface area contributed by atoms with Crippen LogP contribution in [0.5, 0.6) is 0 Å². The van der Waals surface area contributed by atoms with Crippen molar-refractivity contribution in [2.75, 3.05) is 11.4 Å². The molecule has 19 heavy (non-hydrogen) atoms. The van der Waals surface area contributed by atoms with E-state index in [1.807, 2.05) is 37.3 Å². The van der Waals surface area contributed by atoms with Crippen LogP contribution >= 0.6 is 0 Å².